The number of amides is 1. The van der Waals surface area contributed by atoms with Crippen molar-refractivity contribution in [2.75, 3.05) is 24.6 Å². The van der Waals surface area contributed by atoms with E-state index >= 15 is 0 Å². The molecule has 20 heavy (non-hydrogen) atoms. The predicted molar refractivity (Wildman–Crippen MR) is 85.1 cm³/mol. The van der Waals surface area contributed by atoms with Crippen LogP contribution in [0, 0.1) is 0 Å². The second-order valence-corrected chi connectivity index (χ2v) is 6.43. The molecule has 3 nitrogen and oxygen atoms in total. The second kappa shape index (κ2) is 6.35. The molecule has 1 aromatic carbocycles. The zero-order valence-electron chi connectivity index (χ0n) is 11.6. The van der Waals surface area contributed by atoms with Crippen molar-refractivity contribution in [2.45, 2.75) is 19.3 Å². The summed E-state index contributed by atoms with van der Waals surface area (Å²) >= 11 is 1.96. The summed E-state index contributed by atoms with van der Waals surface area (Å²) in [6.45, 7) is 1.84. The standard InChI is InChI=1S/C16H20N2OS/c19-16(18-8-3-10-20-11-9-18)7-6-13-12-17-15-5-2-1-4-14(13)15/h1-2,4-5,12,17H,3,6-11H2. The first-order valence-electron chi connectivity index (χ1n) is 7.25. The van der Waals surface area contributed by atoms with Crippen LogP contribution in [0.25, 0.3) is 10.9 Å². The molecular weight excluding hydrogens is 268 g/mol. The van der Waals surface area contributed by atoms with E-state index in [1.54, 1.807) is 0 Å². The molecule has 0 saturated carbocycles. The monoisotopic (exact) mass is 288 g/mol. The molecule has 1 aliphatic heterocycles. The van der Waals surface area contributed by atoms with E-state index < -0.39 is 0 Å². The molecule has 0 aliphatic carbocycles. The quantitative estimate of drug-likeness (QED) is 0.942. The molecule has 0 atom stereocenters. The number of carbonyl (C=O) groups excluding carboxylic acids is 1. The molecular formula is C16H20N2OS. The number of carbonyl (C=O) groups is 1. The fourth-order valence-corrected chi connectivity index (χ4v) is 3.62. The van der Waals surface area contributed by atoms with Crippen LogP contribution in [0.5, 0.6) is 0 Å². The highest BCUT2D eigenvalue weighted by Gasteiger charge is 2.15. The predicted octanol–water partition coefficient (Wildman–Crippen LogP) is 3.07. The number of hydrogen-bond acceptors (Lipinski definition) is 2. The van der Waals surface area contributed by atoms with Gasteiger partial charge in [-0.3, -0.25) is 4.79 Å². The topological polar surface area (TPSA) is 36.1 Å². The van der Waals surface area contributed by atoms with E-state index in [2.05, 4.69) is 17.1 Å². The number of nitrogens with zero attached hydrogens (tertiary/aromatic N) is 1. The molecule has 0 radical (unpaired) electrons. The molecule has 1 aromatic heterocycles. The van der Waals surface area contributed by atoms with E-state index in [4.69, 9.17) is 0 Å². The normalized spacial score (nSPS) is 16.3. The van der Waals surface area contributed by atoms with Gasteiger partial charge < -0.3 is 9.88 Å². The minimum Gasteiger partial charge on any atom is -0.361 e. The number of aromatic amines is 1. The van der Waals surface area contributed by atoms with Gasteiger partial charge in [0.05, 0.1) is 0 Å². The van der Waals surface area contributed by atoms with Gasteiger partial charge in [0.1, 0.15) is 0 Å². The fraction of sp³-hybridized carbons (Fsp3) is 0.438. The number of benzene rings is 1. The molecule has 2 aromatic rings. The highest BCUT2D eigenvalue weighted by atomic mass is 32.2. The Hall–Kier alpha value is -1.42. The molecule has 1 saturated heterocycles. The molecule has 2 heterocycles. The summed E-state index contributed by atoms with van der Waals surface area (Å²) in [4.78, 5) is 17.6. The van der Waals surface area contributed by atoms with Crippen molar-refractivity contribution >= 4 is 28.6 Å². The average Bonchev–Trinajstić information content (AvgIpc) is 2.70. The summed E-state index contributed by atoms with van der Waals surface area (Å²) in [5.41, 5.74) is 2.40. The summed E-state index contributed by atoms with van der Waals surface area (Å²) in [6, 6.07) is 8.27. The fourth-order valence-electron chi connectivity index (χ4n) is 2.73. The second-order valence-electron chi connectivity index (χ2n) is 5.21. The third-order valence-electron chi connectivity index (χ3n) is 3.86. The molecule has 3 rings (SSSR count). The molecule has 1 aliphatic rings. The Balaban J connectivity index is 1.62. The lowest BCUT2D eigenvalue weighted by Gasteiger charge is -2.19. The molecule has 1 amide bonds. The van der Waals surface area contributed by atoms with Gasteiger partial charge in [-0.2, -0.15) is 11.8 Å². The van der Waals surface area contributed by atoms with Crippen molar-refractivity contribution in [1.29, 1.82) is 0 Å². The minimum absolute atomic E-state index is 0.304. The molecule has 106 valence electrons. The van der Waals surface area contributed by atoms with E-state index in [-0.39, 0.29) is 0 Å². The number of rotatable bonds is 3. The Bertz CT molecular complexity index is 585. The van der Waals surface area contributed by atoms with Crippen LogP contribution in [0.3, 0.4) is 0 Å². The van der Waals surface area contributed by atoms with Crippen molar-refractivity contribution in [3.05, 3.63) is 36.0 Å². The van der Waals surface area contributed by atoms with Gasteiger partial charge in [-0.25, -0.2) is 0 Å². The third-order valence-corrected chi connectivity index (χ3v) is 4.91. The van der Waals surface area contributed by atoms with E-state index in [9.17, 15) is 4.79 Å². The van der Waals surface area contributed by atoms with Gasteiger partial charge in [-0.15, -0.1) is 0 Å². The zero-order chi connectivity index (χ0) is 13.8. The van der Waals surface area contributed by atoms with Gasteiger partial charge in [0.15, 0.2) is 0 Å². The van der Waals surface area contributed by atoms with Gasteiger partial charge in [-0.05, 0) is 30.2 Å². The summed E-state index contributed by atoms with van der Waals surface area (Å²) in [6.07, 6.45) is 4.61. The van der Waals surface area contributed by atoms with E-state index in [1.807, 2.05) is 35.0 Å². The molecule has 0 bridgehead atoms. The van der Waals surface area contributed by atoms with Crippen LogP contribution in [0.15, 0.2) is 30.5 Å². The van der Waals surface area contributed by atoms with Crippen LogP contribution in [-0.2, 0) is 11.2 Å². The summed E-state index contributed by atoms with van der Waals surface area (Å²) < 4.78 is 0. The van der Waals surface area contributed by atoms with Gasteiger partial charge >= 0.3 is 0 Å². The van der Waals surface area contributed by atoms with E-state index in [1.165, 1.54) is 16.7 Å². The van der Waals surface area contributed by atoms with Crippen LogP contribution < -0.4 is 0 Å². The summed E-state index contributed by atoms with van der Waals surface area (Å²) in [5.74, 6) is 2.57. The molecule has 1 N–H and O–H groups in total. The Labute approximate surface area is 123 Å². The SMILES string of the molecule is O=C(CCc1c[nH]c2ccccc12)N1CCCSCC1. The lowest BCUT2D eigenvalue weighted by molar-refractivity contribution is -0.130. The van der Waals surface area contributed by atoms with Crippen LogP contribution in [0.1, 0.15) is 18.4 Å². The van der Waals surface area contributed by atoms with Crippen molar-refractivity contribution in [1.82, 2.24) is 9.88 Å². The number of aryl methyl sites for hydroxylation is 1. The first kappa shape index (κ1) is 13.6. The lowest BCUT2D eigenvalue weighted by Crippen LogP contribution is -2.33. The van der Waals surface area contributed by atoms with Crippen molar-refractivity contribution < 1.29 is 4.79 Å². The molecule has 1 fully saturated rings. The van der Waals surface area contributed by atoms with Crippen molar-refractivity contribution in [2.24, 2.45) is 0 Å². The first-order chi connectivity index (χ1) is 9.84. The van der Waals surface area contributed by atoms with Gasteiger partial charge in [-0.1, -0.05) is 18.2 Å². The maximum atomic E-state index is 12.3. The van der Waals surface area contributed by atoms with Crippen LogP contribution >= 0.6 is 11.8 Å². The number of fused-ring (bicyclic) bond motifs is 1. The van der Waals surface area contributed by atoms with Crippen LogP contribution in [0.2, 0.25) is 0 Å². The van der Waals surface area contributed by atoms with E-state index in [0.29, 0.717) is 12.3 Å². The first-order valence-corrected chi connectivity index (χ1v) is 8.40. The van der Waals surface area contributed by atoms with Gasteiger partial charge in [0, 0.05) is 42.4 Å². The number of para-hydroxylation sites is 1. The molecule has 0 unspecified atom stereocenters. The summed E-state index contributed by atoms with van der Waals surface area (Å²) in [7, 11) is 0. The van der Waals surface area contributed by atoms with E-state index in [0.717, 1.165) is 37.2 Å². The molecule has 4 heteroatoms. The number of thioether (sulfide) groups is 1. The Kier molecular flexibility index (Phi) is 4.31. The smallest absolute Gasteiger partial charge is 0.222 e. The summed E-state index contributed by atoms with van der Waals surface area (Å²) in [5, 5.41) is 1.24. The highest BCUT2D eigenvalue weighted by molar-refractivity contribution is 7.99. The van der Waals surface area contributed by atoms with Gasteiger partial charge in [0.25, 0.3) is 0 Å². The van der Waals surface area contributed by atoms with Crippen LogP contribution in [0.4, 0.5) is 0 Å². The maximum absolute atomic E-state index is 12.3. The molecule has 0 spiro atoms. The van der Waals surface area contributed by atoms with Crippen LogP contribution in [-0.4, -0.2) is 40.4 Å². The number of aromatic nitrogens is 1. The maximum Gasteiger partial charge on any atom is 0.222 e. The third kappa shape index (κ3) is 3.01. The van der Waals surface area contributed by atoms with Crippen molar-refractivity contribution in [3.8, 4) is 0 Å². The largest absolute Gasteiger partial charge is 0.361 e. The van der Waals surface area contributed by atoms with Gasteiger partial charge in [0.2, 0.25) is 5.91 Å². The number of H-pyrrole nitrogens is 1. The Morgan fingerprint density at radius 2 is 2.15 bits per heavy atom. The zero-order valence-corrected chi connectivity index (χ0v) is 12.4. The Morgan fingerprint density at radius 1 is 1.25 bits per heavy atom. The number of hydrogen-bond donors (Lipinski definition) is 1. The average molecular weight is 288 g/mol. The highest BCUT2D eigenvalue weighted by Crippen LogP contribution is 2.19. The Morgan fingerprint density at radius 3 is 3.10 bits per heavy atom. The minimum atomic E-state index is 0.304. The van der Waals surface area contributed by atoms with Crippen molar-refractivity contribution in [3.63, 3.8) is 0 Å². The number of nitrogens with one attached hydrogen (secondary N) is 1. The lowest BCUT2D eigenvalue weighted by atomic mass is 10.1.